The lowest BCUT2D eigenvalue weighted by Crippen LogP contribution is -2.36. The van der Waals surface area contributed by atoms with Crippen LogP contribution in [0.4, 0.5) is 5.69 Å². The first kappa shape index (κ1) is 12.9. The number of benzene rings is 1. The van der Waals surface area contributed by atoms with Gasteiger partial charge >= 0.3 is 0 Å². The zero-order valence-electron chi connectivity index (χ0n) is 10.1. The second kappa shape index (κ2) is 5.40. The lowest BCUT2D eigenvalue weighted by atomic mass is 10.2. The molecule has 1 N–H and O–H groups in total. The number of nitrogens with one attached hydrogen (secondary N) is 1. The van der Waals surface area contributed by atoms with Crippen molar-refractivity contribution in [3.63, 3.8) is 0 Å². The molecule has 1 saturated carbocycles. The molecule has 0 aromatic heterocycles. The molecule has 2 rings (SSSR count). The zero-order chi connectivity index (χ0) is 13.1. The summed E-state index contributed by atoms with van der Waals surface area (Å²) in [5, 5.41) is 3.30. The summed E-state index contributed by atoms with van der Waals surface area (Å²) in [5.74, 6) is -0.0307. The maximum Gasteiger partial charge on any atom is 0.239 e. The number of hydrogen-bond donors (Lipinski definition) is 1. The van der Waals surface area contributed by atoms with Crippen LogP contribution in [0.2, 0.25) is 5.02 Å². The molecule has 1 aromatic rings. The van der Waals surface area contributed by atoms with Crippen molar-refractivity contribution in [2.45, 2.75) is 18.9 Å². The SMILES string of the molecule is CN(CC(=O)NC1CC1)c1cccc(Cl)c1C=O. The predicted octanol–water partition coefficient (Wildman–Crippen LogP) is 1.87. The number of nitrogens with zero attached hydrogens (tertiary/aromatic N) is 1. The molecule has 1 aliphatic rings. The Balaban J connectivity index is 2.07. The van der Waals surface area contributed by atoms with Gasteiger partial charge in [0.15, 0.2) is 6.29 Å². The topological polar surface area (TPSA) is 49.4 Å². The Morgan fingerprint density at radius 3 is 2.89 bits per heavy atom. The van der Waals surface area contributed by atoms with Gasteiger partial charge in [0, 0.05) is 18.8 Å². The fourth-order valence-electron chi connectivity index (χ4n) is 1.78. The number of aldehydes is 1. The van der Waals surface area contributed by atoms with E-state index in [1.54, 1.807) is 30.1 Å². The van der Waals surface area contributed by atoms with E-state index in [1.165, 1.54) is 0 Å². The maximum absolute atomic E-state index is 11.7. The van der Waals surface area contributed by atoms with Crippen LogP contribution in [0.3, 0.4) is 0 Å². The Hall–Kier alpha value is -1.55. The van der Waals surface area contributed by atoms with Gasteiger partial charge in [0.05, 0.1) is 17.1 Å². The molecule has 1 aromatic carbocycles. The van der Waals surface area contributed by atoms with Gasteiger partial charge in [-0.2, -0.15) is 0 Å². The smallest absolute Gasteiger partial charge is 0.239 e. The highest BCUT2D eigenvalue weighted by Gasteiger charge is 2.24. The number of rotatable bonds is 5. The molecule has 1 amide bonds. The third-order valence-corrected chi connectivity index (χ3v) is 3.21. The van der Waals surface area contributed by atoms with Gasteiger partial charge in [-0.05, 0) is 25.0 Å². The van der Waals surface area contributed by atoms with Crippen molar-refractivity contribution in [2.75, 3.05) is 18.5 Å². The fraction of sp³-hybridized carbons (Fsp3) is 0.385. The van der Waals surface area contributed by atoms with Gasteiger partial charge in [-0.3, -0.25) is 9.59 Å². The van der Waals surface area contributed by atoms with E-state index in [4.69, 9.17) is 11.6 Å². The third kappa shape index (κ3) is 3.01. The molecule has 0 heterocycles. The van der Waals surface area contributed by atoms with Gasteiger partial charge in [0.1, 0.15) is 0 Å². The van der Waals surface area contributed by atoms with Crippen LogP contribution < -0.4 is 10.2 Å². The first-order valence-electron chi connectivity index (χ1n) is 5.86. The molecule has 0 saturated heterocycles. The molecule has 0 radical (unpaired) electrons. The Morgan fingerprint density at radius 1 is 1.56 bits per heavy atom. The van der Waals surface area contributed by atoms with E-state index >= 15 is 0 Å². The molecule has 5 heteroatoms. The first-order valence-corrected chi connectivity index (χ1v) is 6.24. The molecule has 0 aliphatic heterocycles. The van der Waals surface area contributed by atoms with Crippen molar-refractivity contribution in [1.29, 1.82) is 0 Å². The molecule has 0 atom stereocenters. The third-order valence-electron chi connectivity index (χ3n) is 2.88. The first-order chi connectivity index (χ1) is 8.61. The Morgan fingerprint density at radius 2 is 2.28 bits per heavy atom. The van der Waals surface area contributed by atoms with Gasteiger partial charge in [-0.25, -0.2) is 0 Å². The maximum atomic E-state index is 11.7. The summed E-state index contributed by atoms with van der Waals surface area (Å²) in [5.41, 5.74) is 1.09. The summed E-state index contributed by atoms with van der Waals surface area (Å²) in [6.07, 6.45) is 2.84. The minimum absolute atomic E-state index is 0.0307. The van der Waals surface area contributed by atoms with Crippen molar-refractivity contribution in [1.82, 2.24) is 5.32 Å². The van der Waals surface area contributed by atoms with E-state index in [1.807, 2.05) is 0 Å². The van der Waals surface area contributed by atoms with Gasteiger partial charge < -0.3 is 10.2 Å². The molecule has 0 unspecified atom stereocenters. The van der Waals surface area contributed by atoms with Crippen LogP contribution in [0.25, 0.3) is 0 Å². The van der Waals surface area contributed by atoms with E-state index < -0.39 is 0 Å². The highest BCUT2D eigenvalue weighted by Crippen LogP contribution is 2.25. The van der Waals surface area contributed by atoms with Crippen LogP contribution in [0, 0.1) is 0 Å². The summed E-state index contributed by atoms with van der Waals surface area (Å²) in [6.45, 7) is 0.220. The standard InChI is InChI=1S/C13H15ClN2O2/c1-16(7-13(18)15-9-5-6-9)12-4-2-3-11(14)10(12)8-17/h2-4,8-9H,5-7H2,1H3,(H,15,18). The van der Waals surface area contributed by atoms with Crippen molar-refractivity contribution in [2.24, 2.45) is 0 Å². The van der Waals surface area contributed by atoms with E-state index in [0.29, 0.717) is 28.6 Å². The second-order valence-electron chi connectivity index (χ2n) is 4.49. The lowest BCUT2D eigenvalue weighted by Gasteiger charge is -2.20. The monoisotopic (exact) mass is 266 g/mol. The molecular weight excluding hydrogens is 252 g/mol. The Kier molecular flexibility index (Phi) is 3.87. The number of amides is 1. The highest BCUT2D eigenvalue weighted by atomic mass is 35.5. The minimum atomic E-state index is -0.0307. The fourth-order valence-corrected chi connectivity index (χ4v) is 1.99. The number of hydrogen-bond acceptors (Lipinski definition) is 3. The van der Waals surface area contributed by atoms with Crippen LogP contribution in [-0.2, 0) is 4.79 Å². The molecule has 18 heavy (non-hydrogen) atoms. The average molecular weight is 267 g/mol. The number of anilines is 1. The van der Waals surface area contributed by atoms with E-state index in [9.17, 15) is 9.59 Å². The van der Waals surface area contributed by atoms with Gasteiger partial charge in [-0.15, -0.1) is 0 Å². The zero-order valence-corrected chi connectivity index (χ0v) is 10.9. The highest BCUT2D eigenvalue weighted by molar-refractivity contribution is 6.33. The summed E-state index contributed by atoms with van der Waals surface area (Å²) in [6, 6.07) is 5.54. The largest absolute Gasteiger partial charge is 0.365 e. The molecule has 0 spiro atoms. The number of halogens is 1. The van der Waals surface area contributed by atoms with Crippen LogP contribution in [0.15, 0.2) is 18.2 Å². The van der Waals surface area contributed by atoms with E-state index in [-0.39, 0.29) is 12.5 Å². The molecule has 1 fully saturated rings. The minimum Gasteiger partial charge on any atom is -0.365 e. The van der Waals surface area contributed by atoms with Crippen LogP contribution in [-0.4, -0.2) is 31.8 Å². The van der Waals surface area contributed by atoms with Crippen LogP contribution in [0.1, 0.15) is 23.2 Å². The van der Waals surface area contributed by atoms with Gasteiger partial charge in [-0.1, -0.05) is 17.7 Å². The molecule has 96 valence electrons. The predicted molar refractivity (Wildman–Crippen MR) is 71.3 cm³/mol. The number of carbonyl (C=O) groups is 2. The van der Waals surface area contributed by atoms with Crippen LogP contribution in [0.5, 0.6) is 0 Å². The summed E-state index contributed by atoms with van der Waals surface area (Å²) in [4.78, 5) is 24.4. The Bertz CT molecular complexity index is 472. The van der Waals surface area contributed by atoms with Crippen molar-refractivity contribution in [3.8, 4) is 0 Å². The quantitative estimate of drug-likeness (QED) is 0.828. The molecule has 0 bridgehead atoms. The Labute approximate surface area is 111 Å². The van der Waals surface area contributed by atoms with Crippen molar-refractivity contribution < 1.29 is 9.59 Å². The van der Waals surface area contributed by atoms with E-state index in [2.05, 4.69) is 5.32 Å². The second-order valence-corrected chi connectivity index (χ2v) is 4.90. The number of likely N-dealkylation sites (N-methyl/N-ethyl adjacent to an activating group) is 1. The average Bonchev–Trinajstić information content (AvgIpc) is 3.12. The van der Waals surface area contributed by atoms with Gasteiger partial charge in [0.2, 0.25) is 5.91 Å². The molecular formula is C13H15ClN2O2. The normalized spacial score (nSPS) is 14.1. The van der Waals surface area contributed by atoms with Gasteiger partial charge in [0.25, 0.3) is 0 Å². The number of carbonyl (C=O) groups excluding carboxylic acids is 2. The van der Waals surface area contributed by atoms with Crippen LogP contribution >= 0.6 is 11.6 Å². The lowest BCUT2D eigenvalue weighted by molar-refractivity contribution is -0.119. The summed E-state index contributed by atoms with van der Waals surface area (Å²) in [7, 11) is 1.77. The molecule has 4 nitrogen and oxygen atoms in total. The summed E-state index contributed by atoms with van der Waals surface area (Å²) < 4.78 is 0. The van der Waals surface area contributed by atoms with Crippen molar-refractivity contribution in [3.05, 3.63) is 28.8 Å². The molecule has 1 aliphatic carbocycles. The van der Waals surface area contributed by atoms with Crippen molar-refractivity contribution >= 4 is 29.5 Å². The van der Waals surface area contributed by atoms with E-state index in [0.717, 1.165) is 12.8 Å². The summed E-state index contributed by atoms with van der Waals surface area (Å²) >= 11 is 5.95.